The predicted molar refractivity (Wildman–Crippen MR) is 61.7 cm³/mol. The molecule has 1 saturated heterocycles. The van der Waals surface area contributed by atoms with Crippen LogP contribution in [0.1, 0.15) is 18.4 Å². The molecule has 2 rings (SSSR count). The van der Waals surface area contributed by atoms with Crippen LogP contribution in [0.25, 0.3) is 0 Å². The molecule has 1 atom stereocenters. The third-order valence-corrected chi connectivity index (χ3v) is 2.97. The van der Waals surface area contributed by atoms with Crippen LogP contribution >= 0.6 is 0 Å². The van der Waals surface area contributed by atoms with E-state index in [0.717, 1.165) is 31.6 Å². The number of hydrogen-bond donors (Lipinski definition) is 0. The first kappa shape index (κ1) is 10.5. The van der Waals surface area contributed by atoms with Crippen molar-refractivity contribution in [3.05, 3.63) is 29.8 Å². The quantitative estimate of drug-likeness (QED) is 0.716. The first-order valence-electron chi connectivity index (χ1n) is 5.49. The molecule has 1 aromatic carbocycles. The zero-order valence-corrected chi connectivity index (χ0v) is 9.06. The van der Waals surface area contributed by atoms with Gasteiger partial charge in [0.2, 0.25) is 0 Å². The summed E-state index contributed by atoms with van der Waals surface area (Å²) in [5.41, 5.74) is 1.66. The first-order valence-corrected chi connectivity index (χ1v) is 5.49. The number of para-hydroxylation sites is 1. The fraction of sp³-hybridized carbons (Fsp3) is 0.385. The molecule has 80 valence electrons. The van der Waals surface area contributed by atoms with Gasteiger partial charge in [0, 0.05) is 13.1 Å². The third-order valence-electron chi connectivity index (χ3n) is 2.97. The summed E-state index contributed by atoms with van der Waals surface area (Å²) in [6.07, 6.45) is 2.00. The van der Waals surface area contributed by atoms with E-state index < -0.39 is 0 Å². The Bertz CT molecular complexity index is 453. The van der Waals surface area contributed by atoms with E-state index in [9.17, 15) is 0 Å². The lowest BCUT2D eigenvalue weighted by atomic mass is 9.98. The molecule has 3 heteroatoms. The summed E-state index contributed by atoms with van der Waals surface area (Å²) in [5, 5.41) is 18.0. The maximum Gasteiger partial charge on any atom is 0.101 e. The summed E-state index contributed by atoms with van der Waals surface area (Å²) < 4.78 is 0. The molecule has 0 saturated carbocycles. The smallest absolute Gasteiger partial charge is 0.101 e. The molecule has 0 radical (unpaired) electrons. The van der Waals surface area contributed by atoms with Gasteiger partial charge in [0.1, 0.15) is 6.07 Å². The number of hydrogen-bond acceptors (Lipinski definition) is 3. The average molecular weight is 211 g/mol. The Morgan fingerprint density at radius 2 is 2.06 bits per heavy atom. The monoisotopic (exact) mass is 211 g/mol. The number of benzene rings is 1. The van der Waals surface area contributed by atoms with Crippen LogP contribution in [0.4, 0.5) is 5.69 Å². The number of nitrogens with zero attached hydrogens (tertiary/aromatic N) is 3. The first-order chi connectivity index (χ1) is 7.85. The van der Waals surface area contributed by atoms with Gasteiger partial charge in [-0.15, -0.1) is 0 Å². The number of rotatable bonds is 1. The molecule has 1 aliphatic rings. The molecule has 0 spiro atoms. The Kier molecular flexibility index (Phi) is 3.08. The molecule has 1 aliphatic heterocycles. The van der Waals surface area contributed by atoms with Crippen LogP contribution in [-0.4, -0.2) is 13.1 Å². The molecular weight excluding hydrogens is 198 g/mol. The molecular formula is C13H13N3. The standard InChI is InChI=1S/C13H13N3/c14-8-11-4-3-7-16(10-11)13-6-2-1-5-12(13)9-15/h1-2,5-6,11H,3-4,7,10H2. The van der Waals surface area contributed by atoms with Crippen molar-refractivity contribution in [3.63, 3.8) is 0 Å². The Balaban J connectivity index is 2.24. The van der Waals surface area contributed by atoms with Gasteiger partial charge in [-0.1, -0.05) is 12.1 Å². The van der Waals surface area contributed by atoms with E-state index in [2.05, 4.69) is 17.0 Å². The highest BCUT2D eigenvalue weighted by Gasteiger charge is 2.21. The van der Waals surface area contributed by atoms with Gasteiger partial charge in [-0.2, -0.15) is 10.5 Å². The van der Waals surface area contributed by atoms with Crippen LogP contribution in [-0.2, 0) is 0 Å². The molecule has 1 fully saturated rings. The van der Waals surface area contributed by atoms with E-state index in [0.29, 0.717) is 5.56 Å². The summed E-state index contributed by atoms with van der Waals surface area (Å²) in [4.78, 5) is 2.15. The molecule has 0 aliphatic carbocycles. The normalized spacial score (nSPS) is 19.9. The van der Waals surface area contributed by atoms with E-state index in [4.69, 9.17) is 10.5 Å². The summed E-state index contributed by atoms with van der Waals surface area (Å²) in [5.74, 6) is 0.0977. The van der Waals surface area contributed by atoms with Crippen molar-refractivity contribution in [3.8, 4) is 12.1 Å². The minimum atomic E-state index is 0.0977. The van der Waals surface area contributed by atoms with Crippen molar-refractivity contribution >= 4 is 5.69 Å². The SMILES string of the molecule is N#Cc1ccccc1N1CCCC(C#N)C1. The highest BCUT2D eigenvalue weighted by atomic mass is 15.1. The van der Waals surface area contributed by atoms with E-state index in [1.54, 1.807) is 0 Å². The van der Waals surface area contributed by atoms with Gasteiger partial charge < -0.3 is 4.90 Å². The lowest BCUT2D eigenvalue weighted by molar-refractivity contribution is 0.493. The van der Waals surface area contributed by atoms with Crippen molar-refractivity contribution in [1.29, 1.82) is 10.5 Å². The second kappa shape index (κ2) is 4.68. The van der Waals surface area contributed by atoms with Crippen LogP contribution in [0.15, 0.2) is 24.3 Å². The van der Waals surface area contributed by atoms with Gasteiger partial charge in [-0.3, -0.25) is 0 Å². The highest BCUT2D eigenvalue weighted by Crippen LogP contribution is 2.25. The maximum absolute atomic E-state index is 9.03. The van der Waals surface area contributed by atoms with E-state index in [-0.39, 0.29) is 5.92 Å². The molecule has 0 N–H and O–H groups in total. The van der Waals surface area contributed by atoms with Gasteiger partial charge in [0.05, 0.1) is 23.2 Å². The summed E-state index contributed by atoms with van der Waals surface area (Å²) in [7, 11) is 0. The lowest BCUT2D eigenvalue weighted by Gasteiger charge is -2.32. The molecule has 1 heterocycles. The minimum Gasteiger partial charge on any atom is -0.369 e. The lowest BCUT2D eigenvalue weighted by Crippen LogP contribution is -2.35. The summed E-state index contributed by atoms with van der Waals surface area (Å²) >= 11 is 0. The summed E-state index contributed by atoms with van der Waals surface area (Å²) in [6, 6.07) is 12.1. The van der Waals surface area contributed by atoms with Crippen LogP contribution in [0.5, 0.6) is 0 Å². The zero-order chi connectivity index (χ0) is 11.4. The molecule has 3 nitrogen and oxygen atoms in total. The molecule has 16 heavy (non-hydrogen) atoms. The van der Waals surface area contributed by atoms with Crippen molar-refractivity contribution in [2.24, 2.45) is 5.92 Å². The Labute approximate surface area is 95.5 Å². The van der Waals surface area contributed by atoms with Crippen LogP contribution in [0.3, 0.4) is 0 Å². The number of nitriles is 2. The van der Waals surface area contributed by atoms with Gasteiger partial charge in [-0.25, -0.2) is 0 Å². The Hall–Kier alpha value is -2.00. The predicted octanol–water partition coefficient (Wildman–Crippen LogP) is 2.30. The number of piperidine rings is 1. The van der Waals surface area contributed by atoms with Gasteiger partial charge in [-0.05, 0) is 25.0 Å². The fourth-order valence-corrected chi connectivity index (χ4v) is 2.15. The summed E-state index contributed by atoms with van der Waals surface area (Å²) in [6.45, 7) is 1.69. The average Bonchev–Trinajstić information content (AvgIpc) is 2.38. The van der Waals surface area contributed by atoms with Crippen LogP contribution in [0.2, 0.25) is 0 Å². The van der Waals surface area contributed by atoms with Gasteiger partial charge in [0.15, 0.2) is 0 Å². The largest absolute Gasteiger partial charge is 0.369 e. The molecule has 0 aromatic heterocycles. The minimum absolute atomic E-state index is 0.0977. The highest BCUT2D eigenvalue weighted by molar-refractivity contribution is 5.59. The van der Waals surface area contributed by atoms with Crippen molar-refractivity contribution in [2.45, 2.75) is 12.8 Å². The van der Waals surface area contributed by atoms with Crippen molar-refractivity contribution < 1.29 is 0 Å². The second-order valence-corrected chi connectivity index (χ2v) is 4.04. The maximum atomic E-state index is 9.03. The van der Waals surface area contributed by atoms with Crippen LogP contribution < -0.4 is 4.90 Å². The van der Waals surface area contributed by atoms with E-state index >= 15 is 0 Å². The Morgan fingerprint density at radius 1 is 1.25 bits per heavy atom. The third kappa shape index (κ3) is 1.99. The van der Waals surface area contributed by atoms with E-state index in [1.807, 2.05) is 24.3 Å². The van der Waals surface area contributed by atoms with Gasteiger partial charge >= 0.3 is 0 Å². The second-order valence-electron chi connectivity index (χ2n) is 4.04. The molecule has 1 aromatic rings. The molecule has 0 bridgehead atoms. The fourth-order valence-electron chi connectivity index (χ4n) is 2.15. The molecule has 0 amide bonds. The number of anilines is 1. The zero-order valence-electron chi connectivity index (χ0n) is 9.06. The van der Waals surface area contributed by atoms with Crippen LogP contribution in [0, 0.1) is 28.6 Å². The topological polar surface area (TPSA) is 50.8 Å². The van der Waals surface area contributed by atoms with Crippen molar-refractivity contribution in [2.75, 3.05) is 18.0 Å². The van der Waals surface area contributed by atoms with Crippen molar-refractivity contribution in [1.82, 2.24) is 0 Å². The van der Waals surface area contributed by atoms with Gasteiger partial charge in [0.25, 0.3) is 0 Å². The van der Waals surface area contributed by atoms with E-state index in [1.165, 1.54) is 0 Å². The Morgan fingerprint density at radius 3 is 2.81 bits per heavy atom. The molecule has 1 unspecified atom stereocenters.